The summed E-state index contributed by atoms with van der Waals surface area (Å²) in [5.74, 6) is -1.75. The molecule has 1 aromatic heterocycles. The fourth-order valence-corrected chi connectivity index (χ4v) is 2.22. The highest BCUT2D eigenvalue weighted by Gasteiger charge is 2.38. The van der Waals surface area contributed by atoms with Crippen LogP contribution >= 0.6 is 0 Å². The summed E-state index contributed by atoms with van der Waals surface area (Å²) in [6, 6.07) is 9.22. The average molecular weight is 326 g/mol. The van der Waals surface area contributed by atoms with Crippen molar-refractivity contribution in [2.24, 2.45) is 0 Å². The van der Waals surface area contributed by atoms with E-state index in [1.54, 1.807) is 18.2 Å². The normalized spacial score (nSPS) is 13.2. The number of fused-ring (bicyclic) bond motifs is 1. The van der Waals surface area contributed by atoms with Crippen LogP contribution in [0, 0.1) is 0 Å². The quantitative estimate of drug-likeness (QED) is 0.801. The molecule has 0 saturated heterocycles. The van der Waals surface area contributed by atoms with Gasteiger partial charge >= 0.3 is 5.97 Å². The number of nitrogens with zero attached hydrogens (tertiary/aromatic N) is 2. The molecule has 0 bridgehead atoms. The predicted molar refractivity (Wildman–Crippen MR) is 82.4 cm³/mol. The number of hydrogen-bond acceptors (Lipinski definition) is 6. The van der Waals surface area contributed by atoms with Gasteiger partial charge in [-0.2, -0.15) is 0 Å². The Labute approximate surface area is 137 Å². The van der Waals surface area contributed by atoms with Crippen molar-refractivity contribution in [3.63, 3.8) is 0 Å². The van der Waals surface area contributed by atoms with E-state index >= 15 is 0 Å². The number of ether oxygens (including phenoxy) is 1. The van der Waals surface area contributed by atoms with Gasteiger partial charge in [-0.25, -0.2) is 9.78 Å². The lowest BCUT2D eigenvalue weighted by molar-refractivity contribution is -0.0588. The Balaban J connectivity index is 1.74. The van der Waals surface area contributed by atoms with Crippen molar-refractivity contribution in [3.05, 3.63) is 59.4 Å². The van der Waals surface area contributed by atoms with Crippen LogP contribution in [0.3, 0.4) is 0 Å². The number of amides is 2. The fourth-order valence-electron chi connectivity index (χ4n) is 2.22. The summed E-state index contributed by atoms with van der Waals surface area (Å²) in [6.07, 6.45) is 1.35. The van der Waals surface area contributed by atoms with Crippen LogP contribution < -0.4 is 4.74 Å². The first-order valence-electron chi connectivity index (χ1n) is 7.30. The molecule has 7 heteroatoms. The Bertz CT molecular complexity index is 779. The average Bonchev–Trinajstić information content (AvgIpc) is 2.80. The van der Waals surface area contributed by atoms with Gasteiger partial charge in [0.1, 0.15) is 5.75 Å². The Kier molecular flexibility index (Phi) is 3.99. The third-order valence-electron chi connectivity index (χ3n) is 3.25. The number of pyridine rings is 1. The molecule has 2 amide bonds. The summed E-state index contributed by atoms with van der Waals surface area (Å²) >= 11 is 0. The van der Waals surface area contributed by atoms with E-state index in [2.05, 4.69) is 4.98 Å². The number of hydroxylamine groups is 2. The maximum atomic E-state index is 12.1. The molecule has 24 heavy (non-hydrogen) atoms. The summed E-state index contributed by atoms with van der Waals surface area (Å²) in [5, 5.41) is 0.452. The smallest absolute Gasteiger partial charge is 0.382 e. The fraction of sp³-hybridized carbons (Fsp3) is 0.176. The molecule has 122 valence electrons. The minimum Gasteiger partial charge on any atom is -0.489 e. The van der Waals surface area contributed by atoms with Crippen molar-refractivity contribution in [2.75, 3.05) is 0 Å². The molecule has 3 rings (SSSR count). The molecule has 0 radical (unpaired) electrons. The van der Waals surface area contributed by atoms with Crippen LogP contribution in [0.4, 0.5) is 0 Å². The van der Waals surface area contributed by atoms with Crippen molar-refractivity contribution in [2.45, 2.75) is 20.0 Å². The molecule has 0 unspecified atom stereocenters. The Morgan fingerprint density at radius 1 is 1.04 bits per heavy atom. The second-order valence-electron chi connectivity index (χ2n) is 5.37. The lowest BCUT2D eigenvalue weighted by Gasteiger charge is -2.13. The molecule has 1 aromatic carbocycles. The van der Waals surface area contributed by atoms with Crippen LogP contribution in [0.5, 0.6) is 5.75 Å². The number of carbonyl (C=O) groups excluding carboxylic acids is 3. The van der Waals surface area contributed by atoms with Gasteiger partial charge in [0, 0.05) is 0 Å². The van der Waals surface area contributed by atoms with Crippen molar-refractivity contribution in [3.8, 4) is 5.75 Å². The highest BCUT2D eigenvalue weighted by Crippen LogP contribution is 2.23. The second-order valence-corrected chi connectivity index (χ2v) is 5.37. The zero-order valence-electron chi connectivity index (χ0n) is 13.1. The van der Waals surface area contributed by atoms with Gasteiger partial charge in [0.2, 0.25) is 0 Å². The minimum atomic E-state index is -0.902. The van der Waals surface area contributed by atoms with Gasteiger partial charge < -0.3 is 9.57 Å². The van der Waals surface area contributed by atoms with Crippen LogP contribution in [0.15, 0.2) is 42.6 Å². The number of aromatic nitrogens is 1. The summed E-state index contributed by atoms with van der Waals surface area (Å²) in [7, 11) is 0. The minimum absolute atomic E-state index is 0.0250. The van der Waals surface area contributed by atoms with E-state index in [4.69, 9.17) is 9.57 Å². The van der Waals surface area contributed by atoms with E-state index in [0.29, 0.717) is 10.8 Å². The monoisotopic (exact) mass is 326 g/mol. The number of rotatable bonds is 4. The number of benzene rings is 1. The lowest BCUT2D eigenvalue weighted by atomic mass is 10.1. The molecule has 0 fully saturated rings. The Morgan fingerprint density at radius 2 is 1.67 bits per heavy atom. The first-order chi connectivity index (χ1) is 11.5. The molecule has 0 atom stereocenters. The van der Waals surface area contributed by atoms with Crippen LogP contribution in [0.25, 0.3) is 0 Å². The molecule has 0 spiro atoms. The van der Waals surface area contributed by atoms with Gasteiger partial charge in [0.15, 0.2) is 5.69 Å². The molecular formula is C17H14N2O5. The molecule has 2 aromatic rings. The number of hydrogen-bond donors (Lipinski definition) is 0. The van der Waals surface area contributed by atoms with Crippen LogP contribution in [-0.2, 0) is 4.84 Å². The van der Waals surface area contributed by atoms with E-state index in [9.17, 15) is 14.4 Å². The van der Waals surface area contributed by atoms with Gasteiger partial charge in [0.25, 0.3) is 11.8 Å². The topological polar surface area (TPSA) is 85.8 Å². The van der Waals surface area contributed by atoms with Crippen molar-refractivity contribution >= 4 is 17.8 Å². The zero-order chi connectivity index (χ0) is 17.3. The Morgan fingerprint density at radius 3 is 2.17 bits per heavy atom. The van der Waals surface area contributed by atoms with Gasteiger partial charge in [-0.3, -0.25) is 9.59 Å². The van der Waals surface area contributed by atoms with Crippen molar-refractivity contribution < 1.29 is 24.0 Å². The van der Waals surface area contributed by atoms with Gasteiger partial charge in [-0.05, 0) is 38.1 Å². The van der Waals surface area contributed by atoms with E-state index < -0.39 is 17.8 Å². The number of imide groups is 1. The predicted octanol–water partition coefficient (Wildman–Crippen LogP) is 2.24. The van der Waals surface area contributed by atoms with Crippen LogP contribution in [0.2, 0.25) is 0 Å². The van der Waals surface area contributed by atoms with Crippen LogP contribution in [0.1, 0.15) is 45.1 Å². The zero-order valence-corrected chi connectivity index (χ0v) is 13.1. The van der Waals surface area contributed by atoms with Crippen molar-refractivity contribution in [1.29, 1.82) is 0 Å². The first kappa shape index (κ1) is 15.7. The summed E-state index contributed by atoms with van der Waals surface area (Å²) in [6.45, 7) is 3.73. The summed E-state index contributed by atoms with van der Waals surface area (Å²) < 4.78 is 5.43. The van der Waals surface area contributed by atoms with Gasteiger partial charge in [-0.15, -0.1) is 0 Å². The second kappa shape index (κ2) is 6.11. The maximum Gasteiger partial charge on any atom is 0.382 e. The Hall–Kier alpha value is -3.22. The third-order valence-corrected chi connectivity index (χ3v) is 3.25. The lowest BCUT2D eigenvalue weighted by Crippen LogP contribution is -2.32. The third kappa shape index (κ3) is 2.83. The van der Waals surface area contributed by atoms with E-state index in [1.165, 1.54) is 24.4 Å². The standard InChI is InChI=1S/C17H14N2O5/c1-10(2)23-11-7-8-14(18-9-11)17(22)24-19-15(20)12-5-3-4-6-13(12)16(19)21/h3-10H,1-2H3. The molecule has 2 heterocycles. The maximum absolute atomic E-state index is 12.1. The summed E-state index contributed by atoms with van der Waals surface area (Å²) in [5.41, 5.74) is 0.357. The van der Waals surface area contributed by atoms with E-state index in [1.807, 2.05) is 13.8 Å². The van der Waals surface area contributed by atoms with E-state index in [0.717, 1.165) is 0 Å². The largest absolute Gasteiger partial charge is 0.489 e. The van der Waals surface area contributed by atoms with Gasteiger partial charge in [0.05, 0.1) is 23.4 Å². The molecular weight excluding hydrogens is 312 g/mol. The van der Waals surface area contributed by atoms with Crippen LogP contribution in [-0.4, -0.2) is 33.9 Å². The molecule has 1 aliphatic heterocycles. The molecule has 0 N–H and O–H groups in total. The summed E-state index contributed by atoms with van der Waals surface area (Å²) in [4.78, 5) is 45.2. The first-order valence-corrected chi connectivity index (χ1v) is 7.30. The highest BCUT2D eigenvalue weighted by atomic mass is 16.7. The molecule has 0 aliphatic carbocycles. The molecule has 0 saturated carbocycles. The SMILES string of the molecule is CC(C)Oc1ccc(C(=O)ON2C(=O)c3ccccc3C2=O)nc1. The highest BCUT2D eigenvalue weighted by molar-refractivity contribution is 6.21. The molecule has 1 aliphatic rings. The number of carbonyl (C=O) groups is 3. The van der Waals surface area contributed by atoms with Gasteiger partial charge in [-0.1, -0.05) is 17.2 Å². The van der Waals surface area contributed by atoms with E-state index in [-0.39, 0.29) is 22.9 Å². The van der Waals surface area contributed by atoms with Crippen molar-refractivity contribution in [1.82, 2.24) is 10.0 Å². The molecule has 7 nitrogen and oxygen atoms in total.